The van der Waals surface area contributed by atoms with Crippen LogP contribution < -0.4 is 4.57 Å². The van der Waals surface area contributed by atoms with Gasteiger partial charge in [-0.1, -0.05) is 23.8 Å². The van der Waals surface area contributed by atoms with Gasteiger partial charge >= 0.3 is 0 Å². The Kier molecular flexibility index (Phi) is 3.01. The summed E-state index contributed by atoms with van der Waals surface area (Å²) in [6.45, 7) is 8.64. The number of aromatic nitrogens is 1. The summed E-state index contributed by atoms with van der Waals surface area (Å²) in [5.74, 6) is 0. The van der Waals surface area contributed by atoms with E-state index in [0.29, 0.717) is 0 Å². The van der Waals surface area contributed by atoms with Crippen molar-refractivity contribution in [1.29, 1.82) is 0 Å². The lowest BCUT2D eigenvalue weighted by atomic mass is 9.96. The van der Waals surface area contributed by atoms with E-state index in [9.17, 15) is 0 Å². The van der Waals surface area contributed by atoms with E-state index in [-0.39, 0.29) is 0 Å². The Morgan fingerprint density at radius 2 is 1.53 bits per heavy atom. The molecule has 0 bridgehead atoms. The largest absolute Gasteiger partial charge is 0.205 e. The van der Waals surface area contributed by atoms with Crippen LogP contribution in [0, 0.1) is 27.7 Å². The molecule has 0 unspecified atom stereocenters. The molecule has 0 fully saturated rings. The highest BCUT2D eigenvalue weighted by atomic mass is 14.9. The Labute approximate surface area is 104 Å². The van der Waals surface area contributed by atoms with Crippen LogP contribution in [0.5, 0.6) is 0 Å². The summed E-state index contributed by atoms with van der Waals surface area (Å²) in [5, 5.41) is 0. The quantitative estimate of drug-likeness (QED) is 0.656. The molecule has 0 amide bonds. The standard InChI is InChI=1S/C16H20N/c1-11-6-7-12(2)15(8-11)16-10-17(5)14(4)9-13(16)3/h6-10H,1-5H3/q+1. The van der Waals surface area contributed by atoms with Crippen molar-refractivity contribution >= 4 is 0 Å². The summed E-state index contributed by atoms with van der Waals surface area (Å²) in [6, 6.07) is 8.89. The van der Waals surface area contributed by atoms with Gasteiger partial charge in [-0.2, -0.15) is 0 Å². The lowest BCUT2D eigenvalue weighted by Crippen LogP contribution is -2.31. The summed E-state index contributed by atoms with van der Waals surface area (Å²) in [5.41, 5.74) is 7.96. The van der Waals surface area contributed by atoms with Gasteiger partial charge < -0.3 is 0 Å². The van der Waals surface area contributed by atoms with Crippen molar-refractivity contribution < 1.29 is 4.57 Å². The van der Waals surface area contributed by atoms with Crippen molar-refractivity contribution in [2.75, 3.05) is 0 Å². The Bertz CT molecular complexity index is 568. The van der Waals surface area contributed by atoms with Crippen molar-refractivity contribution in [1.82, 2.24) is 0 Å². The van der Waals surface area contributed by atoms with Gasteiger partial charge in [0.25, 0.3) is 0 Å². The second-order valence-electron chi connectivity index (χ2n) is 4.94. The molecule has 0 saturated heterocycles. The van der Waals surface area contributed by atoms with Gasteiger partial charge in [-0.3, -0.25) is 0 Å². The highest BCUT2D eigenvalue weighted by Crippen LogP contribution is 2.26. The van der Waals surface area contributed by atoms with Gasteiger partial charge in [0.2, 0.25) is 0 Å². The highest BCUT2D eigenvalue weighted by molar-refractivity contribution is 5.69. The summed E-state index contributed by atoms with van der Waals surface area (Å²) in [7, 11) is 2.10. The van der Waals surface area contributed by atoms with E-state index in [0.717, 1.165) is 0 Å². The fraction of sp³-hybridized carbons (Fsp3) is 0.312. The van der Waals surface area contributed by atoms with Crippen LogP contribution in [0.15, 0.2) is 30.5 Å². The minimum Gasteiger partial charge on any atom is -0.205 e. The molecule has 88 valence electrons. The molecule has 1 aromatic heterocycles. The van der Waals surface area contributed by atoms with E-state index < -0.39 is 0 Å². The van der Waals surface area contributed by atoms with Crippen LogP contribution in [0.25, 0.3) is 11.1 Å². The zero-order valence-corrected chi connectivity index (χ0v) is 11.3. The van der Waals surface area contributed by atoms with Gasteiger partial charge in [0, 0.05) is 18.6 Å². The van der Waals surface area contributed by atoms with Crippen LogP contribution in [0.3, 0.4) is 0 Å². The first-order valence-electron chi connectivity index (χ1n) is 6.03. The first-order valence-corrected chi connectivity index (χ1v) is 6.03. The van der Waals surface area contributed by atoms with Crippen LogP contribution in [0.4, 0.5) is 0 Å². The first kappa shape index (κ1) is 11.8. The van der Waals surface area contributed by atoms with Crippen LogP contribution >= 0.6 is 0 Å². The monoisotopic (exact) mass is 226 g/mol. The molecule has 0 N–H and O–H groups in total. The fourth-order valence-corrected chi connectivity index (χ4v) is 2.20. The Balaban J connectivity index is 2.68. The van der Waals surface area contributed by atoms with Crippen molar-refractivity contribution in [2.45, 2.75) is 27.7 Å². The second kappa shape index (κ2) is 4.33. The van der Waals surface area contributed by atoms with E-state index >= 15 is 0 Å². The molecule has 2 rings (SSSR count). The molecule has 0 spiro atoms. The van der Waals surface area contributed by atoms with Crippen molar-refractivity contribution in [3.05, 3.63) is 52.8 Å². The Morgan fingerprint density at radius 1 is 0.824 bits per heavy atom. The lowest BCUT2D eigenvalue weighted by Gasteiger charge is -2.09. The molecule has 1 heteroatoms. The molecule has 0 aliphatic carbocycles. The minimum atomic E-state index is 1.29. The van der Waals surface area contributed by atoms with Crippen LogP contribution in [0.2, 0.25) is 0 Å². The van der Waals surface area contributed by atoms with E-state index in [1.165, 1.54) is 33.5 Å². The van der Waals surface area contributed by atoms with Gasteiger partial charge in [-0.15, -0.1) is 0 Å². The average molecular weight is 226 g/mol. The molecular formula is C16H20N+. The summed E-state index contributed by atoms with van der Waals surface area (Å²) in [6.07, 6.45) is 2.23. The molecule has 17 heavy (non-hydrogen) atoms. The average Bonchev–Trinajstić information content (AvgIpc) is 2.27. The first-order chi connectivity index (χ1) is 7.99. The molecule has 0 atom stereocenters. The highest BCUT2D eigenvalue weighted by Gasteiger charge is 2.11. The van der Waals surface area contributed by atoms with E-state index in [1.807, 2.05) is 0 Å². The van der Waals surface area contributed by atoms with Crippen LogP contribution in [-0.2, 0) is 7.05 Å². The van der Waals surface area contributed by atoms with Gasteiger partial charge in [0.05, 0.1) is 0 Å². The topological polar surface area (TPSA) is 3.88 Å². The Morgan fingerprint density at radius 3 is 2.24 bits per heavy atom. The SMILES string of the molecule is Cc1ccc(C)c(-c2c[n+](C)c(C)cc2C)c1. The fourth-order valence-electron chi connectivity index (χ4n) is 2.20. The number of pyridine rings is 1. The predicted octanol–water partition coefficient (Wildman–Crippen LogP) is 3.41. The molecule has 0 aliphatic heterocycles. The molecular weight excluding hydrogens is 206 g/mol. The van der Waals surface area contributed by atoms with Crippen LogP contribution in [-0.4, -0.2) is 0 Å². The molecule has 0 saturated carbocycles. The maximum absolute atomic E-state index is 2.27. The van der Waals surface area contributed by atoms with Gasteiger partial charge in [-0.25, -0.2) is 4.57 Å². The van der Waals surface area contributed by atoms with E-state index in [2.05, 4.69) is 69.8 Å². The molecule has 1 nitrogen and oxygen atoms in total. The number of aryl methyl sites for hydroxylation is 5. The van der Waals surface area contributed by atoms with Gasteiger partial charge in [0.1, 0.15) is 7.05 Å². The van der Waals surface area contributed by atoms with Crippen molar-refractivity contribution in [3.63, 3.8) is 0 Å². The predicted molar refractivity (Wildman–Crippen MR) is 72.0 cm³/mol. The third-order valence-electron chi connectivity index (χ3n) is 3.41. The second-order valence-corrected chi connectivity index (χ2v) is 4.94. The number of benzene rings is 1. The van der Waals surface area contributed by atoms with Gasteiger partial charge in [-0.05, 0) is 37.5 Å². The maximum Gasteiger partial charge on any atom is 0.178 e. The zero-order valence-electron chi connectivity index (χ0n) is 11.3. The van der Waals surface area contributed by atoms with E-state index in [1.54, 1.807) is 0 Å². The smallest absolute Gasteiger partial charge is 0.178 e. The third-order valence-corrected chi connectivity index (χ3v) is 3.41. The summed E-state index contributed by atoms with van der Waals surface area (Å²) >= 11 is 0. The summed E-state index contributed by atoms with van der Waals surface area (Å²) in [4.78, 5) is 0. The molecule has 0 radical (unpaired) electrons. The molecule has 1 aromatic carbocycles. The number of hydrogen-bond donors (Lipinski definition) is 0. The zero-order chi connectivity index (χ0) is 12.6. The molecule has 1 heterocycles. The number of rotatable bonds is 1. The van der Waals surface area contributed by atoms with Crippen LogP contribution in [0.1, 0.15) is 22.4 Å². The number of nitrogens with zero attached hydrogens (tertiary/aromatic N) is 1. The third kappa shape index (κ3) is 2.23. The maximum atomic E-state index is 2.27. The van der Waals surface area contributed by atoms with Crippen molar-refractivity contribution in [2.24, 2.45) is 7.05 Å². The normalized spacial score (nSPS) is 10.6. The number of hydrogen-bond acceptors (Lipinski definition) is 0. The van der Waals surface area contributed by atoms with E-state index in [4.69, 9.17) is 0 Å². The lowest BCUT2D eigenvalue weighted by molar-refractivity contribution is -0.677. The molecule has 2 aromatic rings. The molecule has 0 aliphatic rings. The summed E-state index contributed by atoms with van der Waals surface area (Å²) < 4.78 is 2.18. The van der Waals surface area contributed by atoms with Crippen molar-refractivity contribution in [3.8, 4) is 11.1 Å². The minimum absolute atomic E-state index is 1.29. The Hall–Kier alpha value is -1.63. The van der Waals surface area contributed by atoms with Gasteiger partial charge in [0.15, 0.2) is 11.9 Å².